The van der Waals surface area contributed by atoms with Gasteiger partial charge in [0.25, 0.3) is 5.91 Å². The van der Waals surface area contributed by atoms with Gasteiger partial charge in [-0.05, 0) is 37.3 Å². The highest BCUT2D eigenvalue weighted by Gasteiger charge is 2.25. The number of carbonyl (C=O) groups excluding carboxylic acids is 1. The van der Waals surface area contributed by atoms with Crippen molar-refractivity contribution in [2.24, 2.45) is 0 Å². The van der Waals surface area contributed by atoms with E-state index in [9.17, 15) is 9.90 Å². The van der Waals surface area contributed by atoms with Gasteiger partial charge >= 0.3 is 0 Å². The van der Waals surface area contributed by atoms with Gasteiger partial charge in [0.1, 0.15) is 0 Å². The molecule has 0 aromatic heterocycles. The van der Waals surface area contributed by atoms with Crippen LogP contribution in [0.3, 0.4) is 0 Å². The van der Waals surface area contributed by atoms with Crippen LogP contribution in [0, 0.1) is 0 Å². The second kappa shape index (κ2) is 5.94. The van der Waals surface area contributed by atoms with Crippen molar-refractivity contribution in [3.05, 3.63) is 35.4 Å². The third-order valence-electron chi connectivity index (χ3n) is 4.06. The molecule has 1 atom stereocenters. The largest absolute Gasteiger partial charge is 0.390 e. The number of fused-ring (bicyclic) bond motifs is 1. The minimum Gasteiger partial charge on any atom is -0.390 e. The first kappa shape index (κ1) is 13.6. The van der Waals surface area contributed by atoms with Gasteiger partial charge in [-0.25, -0.2) is 0 Å². The molecule has 4 heteroatoms. The molecule has 4 nitrogen and oxygen atoms in total. The molecule has 2 N–H and O–H groups in total. The van der Waals surface area contributed by atoms with Crippen LogP contribution in [0.15, 0.2) is 24.3 Å². The van der Waals surface area contributed by atoms with Crippen LogP contribution in [0.1, 0.15) is 35.2 Å². The van der Waals surface area contributed by atoms with Crippen LogP contribution in [0.25, 0.3) is 0 Å². The molecular formula is C16H22N2O2. The molecule has 1 aromatic rings. The molecule has 108 valence electrons. The summed E-state index contributed by atoms with van der Waals surface area (Å²) in [7, 11) is 0. The van der Waals surface area contributed by atoms with Crippen LogP contribution in [-0.2, 0) is 6.42 Å². The zero-order valence-electron chi connectivity index (χ0n) is 11.7. The van der Waals surface area contributed by atoms with E-state index in [1.807, 2.05) is 24.3 Å². The number of hydrogen-bond acceptors (Lipinski definition) is 3. The lowest BCUT2D eigenvalue weighted by molar-refractivity contribution is 0.0628. The number of hydrogen-bond donors (Lipinski definition) is 2. The predicted molar refractivity (Wildman–Crippen MR) is 77.7 cm³/mol. The number of aliphatic hydroxyl groups is 1. The van der Waals surface area contributed by atoms with Gasteiger partial charge in [-0.3, -0.25) is 4.79 Å². The first-order chi connectivity index (χ1) is 9.74. The highest BCUT2D eigenvalue weighted by atomic mass is 16.3. The number of rotatable bonds is 5. The van der Waals surface area contributed by atoms with Crippen molar-refractivity contribution in [1.29, 1.82) is 0 Å². The molecule has 3 rings (SSSR count). The maximum Gasteiger partial charge on any atom is 0.254 e. The monoisotopic (exact) mass is 274 g/mol. The summed E-state index contributed by atoms with van der Waals surface area (Å²) in [5.74, 6) is 0.0589. The third-order valence-corrected chi connectivity index (χ3v) is 4.06. The average Bonchev–Trinajstić information content (AvgIpc) is 3.28. The summed E-state index contributed by atoms with van der Waals surface area (Å²) in [6.07, 6.45) is 3.84. The second-order valence-electron chi connectivity index (χ2n) is 5.85. The Hall–Kier alpha value is -1.39. The topological polar surface area (TPSA) is 52.6 Å². The van der Waals surface area contributed by atoms with Gasteiger partial charge in [0.15, 0.2) is 0 Å². The van der Waals surface area contributed by atoms with Crippen LogP contribution in [0.5, 0.6) is 0 Å². The minimum absolute atomic E-state index is 0.0589. The first-order valence-corrected chi connectivity index (χ1v) is 7.52. The standard InChI is InChI=1S/C16H22N2O2/c19-14(10-17-13-7-8-13)11-18-9-3-5-12-4-1-2-6-15(12)16(18)20/h1-2,4,6,13-14,17,19H,3,5,7-11H2. The van der Waals surface area contributed by atoms with Crippen LogP contribution >= 0.6 is 0 Å². The molecule has 1 amide bonds. The van der Waals surface area contributed by atoms with Gasteiger partial charge in [0, 0.05) is 31.2 Å². The Morgan fingerprint density at radius 2 is 2.15 bits per heavy atom. The smallest absolute Gasteiger partial charge is 0.254 e. The molecule has 1 unspecified atom stereocenters. The molecule has 1 aliphatic heterocycles. The Kier molecular flexibility index (Phi) is 4.03. The molecule has 20 heavy (non-hydrogen) atoms. The minimum atomic E-state index is -0.482. The van der Waals surface area contributed by atoms with E-state index in [0.29, 0.717) is 19.1 Å². The molecule has 0 bridgehead atoms. The Bertz CT molecular complexity index is 485. The Morgan fingerprint density at radius 1 is 1.35 bits per heavy atom. The lowest BCUT2D eigenvalue weighted by Crippen LogP contribution is -2.41. The van der Waals surface area contributed by atoms with E-state index in [4.69, 9.17) is 0 Å². The average molecular weight is 274 g/mol. The number of β-amino-alcohol motifs (C(OH)–C–C–N with tert-alkyl or cyclic N) is 1. The van der Waals surface area contributed by atoms with Gasteiger partial charge in [-0.15, -0.1) is 0 Å². The Balaban J connectivity index is 1.62. The van der Waals surface area contributed by atoms with Crippen LogP contribution < -0.4 is 5.32 Å². The van der Waals surface area contributed by atoms with E-state index >= 15 is 0 Å². The summed E-state index contributed by atoms with van der Waals surface area (Å²) in [6.45, 7) is 1.73. The molecule has 1 aromatic carbocycles. The van der Waals surface area contributed by atoms with Crippen LogP contribution in [-0.4, -0.2) is 47.7 Å². The van der Waals surface area contributed by atoms with Gasteiger partial charge in [0.2, 0.25) is 0 Å². The predicted octanol–water partition coefficient (Wildman–Crippen LogP) is 1.19. The van der Waals surface area contributed by atoms with Crippen molar-refractivity contribution < 1.29 is 9.90 Å². The van der Waals surface area contributed by atoms with Gasteiger partial charge in [-0.1, -0.05) is 18.2 Å². The number of nitrogens with one attached hydrogen (secondary N) is 1. The third kappa shape index (κ3) is 3.19. The number of amides is 1. The summed E-state index contributed by atoms with van der Waals surface area (Å²) < 4.78 is 0. The number of aliphatic hydroxyl groups excluding tert-OH is 1. The molecule has 2 aliphatic rings. The van der Waals surface area contributed by atoms with E-state index in [1.54, 1.807) is 4.90 Å². The SMILES string of the molecule is O=C1c2ccccc2CCCN1CC(O)CNC1CC1. The fourth-order valence-electron chi connectivity index (χ4n) is 2.76. The van der Waals surface area contributed by atoms with E-state index in [-0.39, 0.29) is 5.91 Å². The molecule has 1 heterocycles. The fraction of sp³-hybridized carbons (Fsp3) is 0.562. The van der Waals surface area contributed by atoms with Crippen molar-refractivity contribution in [1.82, 2.24) is 10.2 Å². The lowest BCUT2D eigenvalue weighted by Gasteiger charge is -2.24. The molecule has 0 spiro atoms. The van der Waals surface area contributed by atoms with E-state index < -0.39 is 6.10 Å². The number of carbonyl (C=O) groups is 1. The maximum atomic E-state index is 12.5. The number of aryl methyl sites for hydroxylation is 1. The molecule has 0 saturated heterocycles. The maximum absolute atomic E-state index is 12.5. The highest BCUT2D eigenvalue weighted by molar-refractivity contribution is 5.96. The van der Waals surface area contributed by atoms with E-state index in [1.165, 1.54) is 12.8 Å². The molecule has 1 fully saturated rings. The summed E-state index contributed by atoms with van der Waals surface area (Å²) in [6, 6.07) is 8.40. The normalized spacial score (nSPS) is 20.4. The van der Waals surface area contributed by atoms with E-state index in [2.05, 4.69) is 5.32 Å². The molecule has 1 aliphatic carbocycles. The zero-order chi connectivity index (χ0) is 13.9. The van der Waals surface area contributed by atoms with Crippen molar-refractivity contribution in [2.75, 3.05) is 19.6 Å². The highest BCUT2D eigenvalue weighted by Crippen LogP contribution is 2.20. The van der Waals surface area contributed by atoms with Crippen LogP contribution in [0.4, 0.5) is 0 Å². The summed E-state index contributed by atoms with van der Waals surface area (Å²) >= 11 is 0. The molecular weight excluding hydrogens is 252 g/mol. The Morgan fingerprint density at radius 3 is 2.95 bits per heavy atom. The summed E-state index contributed by atoms with van der Waals surface area (Å²) in [5.41, 5.74) is 1.93. The van der Waals surface area contributed by atoms with Crippen molar-refractivity contribution in [2.45, 2.75) is 37.8 Å². The van der Waals surface area contributed by atoms with Crippen molar-refractivity contribution >= 4 is 5.91 Å². The quantitative estimate of drug-likeness (QED) is 0.848. The summed E-state index contributed by atoms with van der Waals surface area (Å²) in [4.78, 5) is 14.3. The second-order valence-corrected chi connectivity index (χ2v) is 5.85. The summed E-state index contributed by atoms with van der Waals surface area (Å²) in [5, 5.41) is 13.4. The lowest BCUT2D eigenvalue weighted by atomic mass is 10.0. The van der Waals surface area contributed by atoms with Crippen LogP contribution in [0.2, 0.25) is 0 Å². The Labute approximate surface area is 119 Å². The van der Waals surface area contributed by atoms with E-state index in [0.717, 1.165) is 30.5 Å². The van der Waals surface area contributed by atoms with Crippen molar-refractivity contribution in [3.63, 3.8) is 0 Å². The van der Waals surface area contributed by atoms with Crippen molar-refractivity contribution in [3.8, 4) is 0 Å². The first-order valence-electron chi connectivity index (χ1n) is 7.52. The zero-order valence-corrected chi connectivity index (χ0v) is 11.7. The van der Waals surface area contributed by atoms with Gasteiger partial charge in [-0.2, -0.15) is 0 Å². The van der Waals surface area contributed by atoms with Gasteiger partial charge < -0.3 is 15.3 Å². The fourth-order valence-corrected chi connectivity index (χ4v) is 2.76. The molecule has 0 radical (unpaired) electrons. The van der Waals surface area contributed by atoms with Gasteiger partial charge in [0.05, 0.1) is 6.10 Å². The molecule has 1 saturated carbocycles. The number of nitrogens with zero attached hydrogens (tertiary/aromatic N) is 1. The number of benzene rings is 1.